The predicted molar refractivity (Wildman–Crippen MR) is 68.1 cm³/mol. The normalized spacial score (nSPS) is 11.8. The number of alkyl halides is 1. The zero-order chi connectivity index (χ0) is 13.4. The van der Waals surface area contributed by atoms with Crippen molar-refractivity contribution in [2.45, 2.75) is 5.38 Å². The molecule has 98 valence electrons. The quantitative estimate of drug-likeness (QED) is 0.562. The first-order chi connectivity index (χ1) is 8.61. The second-order valence-electron chi connectivity index (χ2n) is 3.58. The smallest absolute Gasteiger partial charge is 0.243 e. The second kappa shape index (κ2) is 7.68. The van der Waals surface area contributed by atoms with E-state index in [0.717, 1.165) is 5.56 Å². The van der Waals surface area contributed by atoms with Crippen LogP contribution in [-0.4, -0.2) is 31.6 Å². The van der Waals surface area contributed by atoms with Crippen LogP contribution in [0.1, 0.15) is 10.9 Å². The minimum atomic E-state index is -0.734. The van der Waals surface area contributed by atoms with Gasteiger partial charge in [0.2, 0.25) is 11.8 Å². The molecule has 0 heterocycles. The molecule has 0 fully saturated rings. The van der Waals surface area contributed by atoms with E-state index in [9.17, 15) is 9.59 Å². The van der Waals surface area contributed by atoms with Crippen LogP contribution in [0.15, 0.2) is 30.3 Å². The molecule has 1 aromatic carbocycles. The van der Waals surface area contributed by atoms with Gasteiger partial charge in [0, 0.05) is 6.54 Å². The van der Waals surface area contributed by atoms with Crippen molar-refractivity contribution in [3.8, 4) is 0 Å². The van der Waals surface area contributed by atoms with Crippen molar-refractivity contribution in [2.24, 2.45) is 5.73 Å². The van der Waals surface area contributed by atoms with Crippen LogP contribution in [0.3, 0.4) is 0 Å². The lowest BCUT2D eigenvalue weighted by Gasteiger charge is -2.10. The van der Waals surface area contributed by atoms with E-state index in [1.165, 1.54) is 0 Å². The van der Waals surface area contributed by atoms with Gasteiger partial charge in [0.15, 0.2) is 0 Å². The number of carbonyl (C=O) groups excluding carboxylic acids is 2. The molecule has 0 bridgehead atoms. The van der Waals surface area contributed by atoms with E-state index in [1.807, 2.05) is 18.2 Å². The summed E-state index contributed by atoms with van der Waals surface area (Å²) in [5, 5.41) is 1.87. The maximum atomic E-state index is 11.7. The third kappa shape index (κ3) is 5.16. The SMILES string of the molecule is NC(=O)COCCNC(=O)C(Cl)c1ccccc1. The van der Waals surface area contributed by atoms with Gasteiger partial charge in [-0.3, -0.25) is 9.59 Å². The molecule has 0 aliphatic carbocycles. The molecule has 0 saturated carbocycles. The molecule has 18 heavy (non-hydrogen) atoms. The maximum Gasteiger partial charge on any atom is 0.243 e. The van der Waals surface area contributed by atoms with Crippen molar-refractivity contribution in [1.29, 1.82) is 0 Å². The minimum Gasteiger partial charge on any atom is -0.370 e. The van der Waals surface area contributed by atoms with E-state index >= 15 is 0 Å². The lowest BCUT2D eigenvalue weighted by molar-refractivity contribution is -0.122. The highest BCUT2D eigenvalue weighted by molar-refractivity contribution is 6.30. The molecule has 5 nitrogen and oxygen atoms in total. The molecule has 0 saturated heterocycles. The van der Waals surface area contributed by atoms with Gasteiger partial charge in [-0.2, -0.15) is 0 Å². The Hall–Kier alpha value is -1.59. The van der Waals surface area contributed by atoms with Crippen molar-refractivity contribution in [3.63, 3.8) is 0 Å². The zero-order valence-electron chi connectivity index (χ0n) is 9.77. The first kappa shape index (κ1) is 14.5. The average Bonchev–Trinajstić information content (AvgIpc) is 2.38. The number of ether oxygens (including phenoxy) is 1. The summed E-state index contributed by atoms with van der Waals surface area (Å²) in [6, 6.07) is 9.03. The van der Waals surface area contributed by atoms with Crippen LogP contribution in [0.4, 0.5) is 0 Å². The Bertz CT molecular complexity index is 398. The molecule has 0 spiro atoms. The van der Waals surface area contributed by atoms with Crippen LogP contribution in [0.2, 0.25) is 0 Å². The lowest BCUT2D eigenvalue weighted by atomic mass is 10.1. The van der Waals surface area contributed by atoms with Crippen LogP contribution in [0.25, 0.3) is 0 Å². The van der Waals surface area contributed by atoms with Gasteiger partial charge in [0.1, 0.15) is 12.0 Å². The van der Waals surface area contributed by atoms with E-state index in [0.29, 0.717) is 0 Å². The molecule has 2 amide bonds. The fourth-order valence-electron chi connectivity index (χ4n) is 1.28. The van der Waals surface area contributed by atoms with Crippen molar-refractivity contribution in [1.82, 2.24) is 5.32 Å². The second-order valence-corrected chi connectivity index (χ2v) is 4.02. The highest BCUT2D eigenvalue weighted by Gasteiger charge is 2.16. The number of carbonyl (C=O) groups is 2. The van der Waals surface area contributed by atoms with Crippen LogP contribution < -0.4 is 11.1 Å². The Labute approximate surface area is 110 Å². The minimum absolute atomic E-state index is 0.154. The summed E-state index contributed by atoms with van der Waals surface area (Å²) in [6.45, 7) is 0.341. The number of primary amides is 1. The summed E-state index contributed by atoms with van der Waals surface area (Å²) in [7, 11) is 0. The van der Waals surface area contributed by atoms with E-state index in [4.69, 9.17) is 22.1 Å². The molecule has 6 heteroatoms. The molecule has 0 radical (unpaired) electrons. The van der Waals surface area contributed by atoms with Gasteiger partial charge in [-0.1, -0.05) is 30.3 Å². The first-order valence-corrected chi connectivity index (χ1v) is 5.87. The van der Waals surface area contributed by atoms with Crippen LogP contribution in [0, 0.1) is 0 Å². The van der Waals surface area contributed by atoms with Crippen molar-refractivity contribution in [3.05, 3.63) is 35.9 Å². The highest BCUT2D eigenvalue weighted by Crippen LogP contribution is 2.19. The molecule has 1 unspecified atom stereocenters. The van der Waals surface area contributed by atoms with E-state index in [2.05, 4.69) is 5.32 Å². The number of hydrogen-bond acceptors (Lipinski definition) is 3. The Kier molecular flexibility index (Phi) is 6.18. The summed E-state index contributed by atoms with van der Waals surface area (Å²) in [5.74, 6) is -0.841. The van der Waals surface area contributed by atoms with E-state index in [-0.39, 0.29) is 25.7 Å². The maximum absolute atomic E-state index is 11.7. The van der Waals surface area contributed by atoms with Gasteiger partial charge < -0.3 is 15.8 Å². The zero-order valence-corrected chi connectivity index (χ0v) is 10.5. The fourth-order valence-corrected chi connectivity index (χ4v) is 1.50. The molecule has 0 aliphatic rings. The van der Waals surface area contributed by atoms with Gasteiger partial charge in [-0.05, 0) is 5.56 Å². The summed E-state index contributed by atoms with van der Waals surface area (Å²) < 4.78 is 4.90. The Morgan fingerprint density at radius 3 is 2.61 bits per heavy atom. The molecule has 1 aromatic rings. The van der Waals surface area contributed by atoms with Gasteiger partial charge >= 0.3 is 0 Å². The molecule has 3 N–H and O–H groups in total. The van der Waals surface area contributed by atoms with Gasteiger partial charge in [-0.15, -0.1) is 11.6 Å². The Morgan fingerprint density at radius 2 is 2.00 bits per heavy atom. The molecular weight excluding hydrogens is 256 g/mol. The summed E-state index contributed by atoms with van der Waals surface area (Å²) in [5.41, 5.74) is 5.62. The standard InChI is InChI=1S/C12H15ClN2O3/c13-11(9-4-2-1-3-5-9)12(17)15-6-7-18-8-10(14)16/h1-5,11H,6-8H2,(H2,14,16)(H,15,17). The Morgan fingerprint density at radius 1 is 1.33 bits per heavy atom. The van der Waals surface area contributed by atoms with E-state index < -0.39 is 11.3 Å². The fraction of sp³-hybridized carbons (Fsp3) is 0.333. The number of hydrogen-bond donors (Lipinski definition) is 2. The molecule has 0 aliphatic heterocycles. The summed E-state index contributed by atoms with van der Waals surface area (Å²) >= 11 is 5.99. The monoisotopic (exact) mass is 270 g/mol. The number of halogens is 1. The average molecular weight is 271 g/mol. The largest absolute Gasteiger partial charge is 0.370 e. The van der Waals surface area contributed by atoms with Crippen molar-refractivity contribution in [2.75, 3.05) is 19.8 Å². The summed E-state index contributed by atoms with van der Waals surface area (Å²) in [4.78, 5) is 22.0. The number of rotatable bonds is 7. The lowest BCUT2D eigenvalue weighted by Crippen LogP contribution is -2.31. The number of amides is 2. The topological polar surface area (TPSA) is 81.4 Å². The van der Waals surface area contributed by atoms with Crippen LogP contribution in [-0.2, 0) is 14.3 Å². The molecule has 0 aromatic heterocycles. The number of nitrogens with two attached hydrogens (primary N) is 1. The summed E-state index contributed by atoms with van der Waals surface area (Å²) in [6.07, 6.45) is 0. The third-order valence-corrected chi connectivity index (χ3v) is 2.56. The number of nitrogens with one attached hydrogen (secondary N) is 1. The third-order valence-electron chi connectivity index (χ3n) is 2.11. The van der Waals surface area contributed by atoms with Gasteiger partial charge in [0.05, 0.1) is 6.61 Å². The molecule has 1 rings (SSSR count). The van der Waals surface area contributed by atoms with Crippen molar-refractivity contribution >= 4 is 23.4 Å². The number of benzene rings is 1. The van der Waals surface area contributed by atoms with Crippen molar-refractivity contribution < 1.29 is 14.3 Å². The predicted octanol–water partition coefficient (Wildman–Crippen LogP) is 0.585. The van der Waals surface area contributed by atoms with E-state index in [1.54, 1.807) is 12.1 Å². The first-order valence-electron chi connectivity index (χ1n) is 5.44. The molecular formula is C12H15ClN2O3. The van der Waals surface area contributed by atoms with Gasteiger partial charge in [-0.25, -0.2) is 0 Å². The Balaban J connectivity index is 2.26. The highest BCUT2D eigenvalue weighted by atomic mass is 35.5. The van der Waals surface area contributed by atoms with Crippen LogP contribution in [0.5, 0.6) is 0 Å². The molecule has 1 atom stereocenters. The van der Waals surface area contributed by atoms with Crippen LogP contribution >= 0.6 is 11.6 Å². The van der Waals surface area contributed by atoms with Gasteiger partial charge in [0.25, 0.3) is 0 Å².